The molecule has 6 heteroatoms. The van der Waals surface area contributed by atoms with Gasteiger partial charge in [0.1, 0.15) is 5.82 Å². The molecule has 0 atom stereocenters. The predicted molar refractivity (Wildman–Crippen MR) is 74.7 cm³/mol. The van der Waals surface area contributed by atoms with Gasteiger partial charge in [0.15, 0.2) is 0 Å². The molecule has 1 aromatic heterocycles. The Balaban J connectivity index is 2.08. The first kappa shape index (κ1) is 14.6. The number of aromatic nitrogens is 1. The Morgan fingerprint density at radius 1 is 1.15 bits per heavy atom. The number of hydrogen-bond acceptors (Lipinski definition) is 3. The predicted octanol–water partition coefficient (Wildman–Crippen LogP) is 2.18. The van der Waals surface area contributed by atoms with Crippen LogP contribution in [0.5, 0.6) is 0 Å². The van der Waals surface area contributed by atoms with Gasteiger partial charge in [-0.2, -0.15) is 4.31 Å². The van der Waals surface area contributed by atoms with Gasteiger partial charge in [0.05, 0.1) is 18.0 Å². The number of halogens is 1. The van der Waals surface area contributed by atoms with Crippen LogP contribution in [0.25, 0.3) is 0 Å². The molecule has 1 heterocycles. The highest BCUT2D eigenvalue weighted by atomic mass is 32.2. The van der Waals surface area contributed by atoms with Crippen LogP contribution in [-0.4, -0.2) is 24.8 Å². The van der Waals surface area contributed by atoms with E-state index in [-0.39, 0.29) is 18.1 Å². The van der Waals surface area contributed by atoms with Crippen LogP contribution >= 0.6 is 0 Å². The van der Waals surface area contributed by atoms with E-state index >= 15 is 0 Å². The van der Waals surface area contributed by atoms with E-state index in [1.165, 1.54) is 35.6 Å². The molecule has 0 aliphatic carbocycles. The molecule has 0 amide bonds. The zero-order valence-electron chi connectivity index (χ0n) is 11.0. The molecule has 0 spiro atoms. The Kier molecular flexibility index (Phi) is 4.46. The fourth-order valence-electron chi connectivity index (χ4n) is 1.72. The molecular formula is C14H15FN2O2S. The summed E-state index contributed by atoms with van der Waals surface area (Å²) in [5.41, 5.74) is 1.23. The van der Waals surface area contributed by atoms with Gasteiger partial charge in [-0.1, -0.05) is 18.2 Å². The molecule has 0 N–H and O–H groups in total. The van der Waals surface area contributed by atoms with E-state index in [0.29, 0.717) is 11.3 Å². The lowest BCUT2D eigenvalue weighted by Crippen LogP contribution is -2.28. The average Bonchev–Trinajstić information content (AvgIpc) is 2.42. The second-order valence-electron chi connectivity index (χ2n) is 4.46. The highest BCUT2D eigenvalue weighted by molar-refractivity contribution is 7.88. The first-order valence-corrected chi connectivity index (χ1v) is 7.67. The van der Waals surface area contributed by atoms with Gasteiger partial charge < -0.3 is 0 Å². The van der Waals surface area contributed by atoms with Crippen molar-refractivity contribution in [2.75, 3.05) is 7.05 Å². The first-order chi connectivity index (χ1) is 9.47. The van der Waals surface area contributed by atoms with Gasteiger partial charge in [0.2, 0.25) is 10.0 Å². The minimum absolute atomic E-state index is 0.156. The van der Waals surface area contributed by atoms with Crippen LogP contribution in [0.15, 0.2) is 48.7 Å². The van der Waals surface area contributed by atoms with E-state index in [2.05, 4.69) is 4.98 Å². The van der Waals surface area contributed by atoms with Crippen LogP contribution in [0.2, 0.25) is 0 Å². The summed E-state index contributed by atoms with van der Waals surface area (Å²) in [5, 5.41) is 0. The normalized spacial score (nSPS) is 11.8. The number of benzene rings is 1. The van der Waals surface area contributed by atoms with Gasteiger partial charge in [0, 0.05) is 13.2 Å². The average molecular weight is 294 g/mol. The van der Waals surface area contributed by atoms with Crippen LogP contribution in [-0.2, 0) is 22.3 Å². The number of nitrogens with zero attached hydrogens (tertiary/aromatic N) is 2. The molecule has 0 aliphatic heterocycles. The first-order valence-electron chi connectivity index (χ1n) is 6.06. The summed E-state index contributed by atoms with van der Waals surface area (Å²) in [4.78, 5) is 4.10. The number of rotatable bonds is 5. The van der Waals surface area contributed by atoms with E-state index in [0.717, 1.165) is 0 Å². The molecule has 0 radical (unpaired) electrons. The molecular weight excluding hydrogens is 279 g/mol. The summed E-state index contributed by atoms with van der Waals surface area (Å²) in [6.45, 7) is 0.213. The van der Waals surface area contributed by atoms with Crippen LogP contribution in [0.4, 0.5) is 4.39 Å². The summed E-state index contributed by atoms with van der Waals surface area (Å²) in [6.07, 6.45) is 1.62. The summed E-state index contributed by atoms with van der Waals surface area (Å²) < 4.78 is 38.4. The smallest absolute Gasteiger partial charge is 0.218 e. The SMILES string of the molecule is CN(Cc1ccccn1)S(=O)(=O)Cc1ccc(F)cc1. The van der Waals surface area contributed by atoms with Gasteiger partial charge in [-0.25, -0.2) is 12.8 Å². The fourth-order valence-corrected chi connectivity index (χ4v) is 2.88. The van der Waals surface area contributed by atoms with Crippen molar-refractivity contribution in [1.29, 1.82) is 0 Å². The Labute approximate surface area is 117 Å². The van der Waals surface area contributed by atoms with Crippen molar-refractivity contribution in [3.63, 3.8) is 0 Å². The second-order valence-corrected chi connectivity index (χ2v) is 6.54. The van der Waals surface area contributed by atoms with Crippen molar-refractivity contribution in [2.24, 2.45) is 0 Å². The minimum Gasteiger partial charge on any atom is -0.260 e. The van der Waals surface area contributed by atoms with Gasteiger partial charge in [0.25, 0.3) is 0 Å². The van der Waals surface area contributed by atoms with Crippen molar-refractivity contribution in [3.8, 4) is 0 Å². The standard InChI is InChI=1S/C14H15FN2O2S/c1-17(10-14-4-2-3-9-16-14)20(18,19)11-12-5-7-13(15)8-6-12/h2-9H,10-11H2,1H3. The van der Waals surface area contributed by atoms with Crippen molar-refractivity contribution >= 4 is 10.0 Å². The van der Waals surface area contributed by atoms with Crippen molar-refractivity contribution in [3.05, 3.63) is 65.7 Å². The Hall–Kier alpha value is -1.79. The van der Waals surface area contributed by atoms with Crippen LogP contribution in [0, 0.1) is 5.82 Å². The molecule has 0 aliphatic rings. The third-order valence-corrected chi connectivity index (χ3v) is 4.62. The molecule has 20 heavy (non-hydrogen) atoms. The fraction of sp³-hybridized carbons (Fsp3) is 0.214. The third-order valence-electron chi connectivity index (χ3n) is 2.85. The van der Waals surface area contributed by atoms with Gasteiger partial charge in [-0.3, -0.25) is 4.98 Å². The second kappa shape index (κ2) is 6.11. The Morgan fingerprint density at radius 2 is 1.85 bits per heavy atom. The van der Waals surface area contributed by atoms with Crippen LogP contribution < -0.4 is 0 Å². The molecule has 0 saturated carbocycles. The zero-order chi connectivity index (χ0) is 14.6. The number of sulfonamides is 1. The number of pyridine rings is 1. The van der Waals surface area contributed by atoms with Crippen LogP contribution in [0.3, 0.4) is 0 Å². The van der Waals surface area contributed by atoms with E-state index in [9.17, 15) is 12.8 Å². The minimum atomic E-state index is -3.45. The molecule has 2 rings (SSSR count). The van der Waals surface area contributed by atoms with Crippen molar-refractivity contribution < 1.29 is 12.8 Å². The van der Waals surface area contributed by atoms with E-state index in [1.54, 1.807) is 18.3 Å². The molecule has 0 bridgehead atoms. The Morgan fingerprint density at radius 3 is 2.45 bits per heavy atom. The highest BCUT2D eigenvalue weighted by Crippen LogP contribution is 2.12. The van der Waals surface area contributed by atoms with Crippen molar-refractivity contribution in [2.45, 2.75) is 12.3 Å². The van der Waals surface area contributed by atoms with E-state index in [4.69, 9.17) is 0 Å². The lowest BCUT2D eigenvalue weighted by Gasteiger charge is -2.16. The summed E-state index contributed by atoms with van der Waals surface area (Å²) in [7, 11) is -1.95. The lowest BCUT2D eigenvalue weighted by atomic mass is 10.2. The van der Waals surface area contributed by atoms with E-state index < -0.39 is 10.0 Å². The molecule has 1 aromatic carbocycles. The number of hydrogen-bond donors (Lipinski definition) is 0. The van der Waals surface area contributed by atoms with Gasteiger partial charge in [-0.15, -0.1) is 0 Å². The Bertz CT molecular complexity index is 657. The molecule has 106 valence electrons. The topological polar surface area (TPSA) is 50.3 Å². The summed E-state index contributed by atoms with van der Waals surface area (Å²) in [5.74, 6) is -0.538. The summed E-state index contributed by atoms with van der Waals surface area (Å²) in [6, 6.07) is 10.8. The van der Waals surface area contributed by atoms with E-state index in [1.807, 2.05) is 6.07 Å². The highest BCUT2D eigenvalue weighted by Gasteiger charge is 2.19. The maximum atomic E-state index is 12.8. The maximum absolute atomic E-state index is 12.8. The molecule has 0 unspecified atom stereocenters. The molecule has 0 saturated heterocycles. The largest absolute Gasteiger partial charge is 0.260 e. The van der Waals surface area contributed by atoms with Gasteiger partial charge in [-0.05, 0) is 29.8 Å². The lowest BCUT2D eigenvalue weighted by molar-refractivity contribution is 0.461. The van der Waals surface area contributed by atoms with Crippen LogP contribution in [0.1, 0.15) is 11.3 Å². The monoisotopic (exact) mass is 294 g/mol. The molecule has 0 fully saturated rings. The summed E-state index contributed by atoms with van der Waals surface area (Å²) >= 11 is 0. The quantitative estimate of drug-likeness (QED) is 0.849. The third kappa shape index (κ3) is 3.85. The molecule has 4 nitrogen and oxygen atoms in total. The van der Waals surface area contributed by atoms with Crippen molar-refractivity contribution in [1.82, 2.24) is 9.29 Å². The molecule has 2 aromatic rings. The zero-order valence-corrected chi connectivity index (χ0v) is 11.8. The maximum Gasteiger partial charge on any atom is 0.218 e. The van der Waals surface area contributed by atoms with Gasteiger partial charge >= 0.3 is 0 Å².